The first-order valence-electron chi connectivity index (χ1n) is 8.26. The number of aryl methyl sites for hydroxylation is 1. The van der Waals surface area contributed by atoms with E-state index in [9.17, 15) is 18.0 Å². The molecule has 0 aliphatic heterocycles. The van der Waals surface area contributed by atoms with E-state index in [1.807, 2.05) is 37.3 Å². The lowest BCUT2D eigenvalue weighted by Gasteiger charge is -2.09. The molecule has 1 heterocycles. The van der Waals surface area contributed by atoms with Crippen LogP contribution in [0.2, 0.25) is 0 Å². The predicted molar refractivity (Wildman–Crippen MR) is 108 cm³/mol. The second-order valence-electron chi connectivity index (χ2n) is 5.72. The van der Waals surface area contributed by atoms with Crippen molar-refractivity contribution in [3.63, 3.8) is 0 Å². The molecule has 0 unspecified atom stereocenters. The molecule has 1 N–H and O–H groups in total. The zero-order valence-corrected chi connectivity index (χ0v) is 16.8. The summed E-state index contributed by atoms with van der Waals surface area (Å²) in [5, 5.41) is 2.84. The highest BCUT2D eigenvalue weighted by Gasteiger charge is 2.26. The van der Waals surface area contributed by atoms with E-state index in [0.29, 0.717) is 5.56 Å². The maximum absolute atomic E-state index is 12.5. The van der Waals surface area contributed by atoms with Crippen LogP contribution in [-0.2, 0) is 19.4 Å². The van der Waals surface area contributed by atoms with Crippen molar-refractivity contribution in [2.24, 2.45) is 0 Å². The largest absolute Gasteiger partial charge is 0.462 e. The molecule has 0 spiro atoms. The van der Waals surface area contributed by atoms with Crippen molar-refractivity contribution in [1.29, 1.82) is 0 Å². The lowest BCUT2D eigenvalue weighted by atomic mass is 10.0. The molecule has 144 valence electrons. The van der Waals surface area contributed by atoms with Gasteiger partial charge in [0.05, 0.1) is 12.4 Å². The Morgan fingerprint density at radius 2 is 1.93 bits per heavy atom. The SMILES string of the molecule is C=CCS(=O)(=O)CC(=O)Nc1sc(C)c(-c2ccccc2)c1C(=O)OCC. The molecule has 0 fully saturated rings. The van der Waals surface area contributed by atoms with Gasteiger partial charge < -0.3 is 10.1 Å². The number of amides is 1. The molecule has 2 aromatic rings. The average molecular weight is 408 g/mol. The van der Waals surface area contributed by atoms with Crippen molar-refractivity contribution in [3.05, 3.63) is 53.4 Å². The lowest BCUT2D eigenvalue weighted by Crippen LogP contribution is -2.24. The Morgan fingerprint density at radius 3 is 2.52 bits per heavy atom. The molecule has 1 amide bonds. The van der Waals surface area contributed by atoms with Gasteiger partial charge in [-0.25, -0.2) is 13.2 Å². The van der Waals surface area contributed by atoms with Crippen LogP contribution >= 0.6 is 11.3 Å². The van der Waals surface area contributed by atoms with Crippen molar-refractivity contribution in [2.75, 3.05) is 23.4 Å². The van der Waals surface area contributed by atoms with Crippen LogP contribution in [0.3, 0.4) is 0 Å². The number of anilines is 1. The van der Waals surface area contributed by atoms with Crippen LogP contribution in [0.15, 0.2) is 43.0 Å². The summed E-state index contributed by atoms with van der Waals surface area (Å²) in [6, 6.07) is 9.28. The molecule has 0 aliphatic rings. The van der Waals surface area contributed by atoms with E-state index in [2.05, 4.69) is 11.9 Å². The number of benzene rings is 1. The highest BCUT2D eigenvalue weighted by Crippen LogP contribution is 2.40. The highest BCUT2D eigenvalue weighted by molar-refractivity contribution is 7.92. The number of carbonyl (C=O) groups excluding carboxylic acids is 2. The van der Waals surface area contributed by atoms with Crippen LogP contribution < -0.4 is 5.32 Å². The molecule has 1 aromatic heterocycles. The van der Waals surface area contributed by atoms with E-state index >= 15 is 0 Å². The number of ether oxygens (including phenoxy) is 1. The quantitative estimate of drug-likeness (QED) is 0.535. The molecule has 0 radical (unpaired) electrons. The Kier molecular flexibility index (Phi) is 6.92. The molecular formula is C19H21NO5S2. The monoisotopic (exact) mass is 407 g/mol. The summed E-state index contributed by atoms with van der Waals surface area (Å²) in [6.07, 6.45) is 1.23. The Labute approximate surface area is 162 Å². The van der Waals surface area contributed by atoms with E-state index in [1.165, 1.54) is 17.4 Å². The van der Waals surface area contributed by atoms with E-state index in [4.69, 9.17) is 4.74 Å². The minimum atomic E-state index is -3.59. The van der Waals surface area contributed by atoms with E-state index in [1.54, 1.807) is 6.92 Å². The van der Waals surface area contributed by atoms with Crippen LogP contribution in [0.25, 0.3) is 11.1 Å². The van der Waals surface area contributed by atoms with E-state index in [-0.39, 0.29) is 22.9 Å². The van der Waals surface area contributed by atoms with E-state index in [0.717, 1.165) is 10.4 Å². The zero-order chi connectivity index (χ0) is 20.0. The third kappa shape index (κ3) is 5.27. The van der Waals surface area contributed by atoms with Crippen molar-refractivity contribution >= 4 is 38.1 Å². The first kappa shape index (κ1) is 20.9. The second-order valence-corrected chi connectivity index (χ2v) is 9.05. The van der Waals surface area contributed by atoms with Gasteiger partial charge in [0.15, 0.2) is 9.84 Å². The number of sulfone groups is 1. The topological polar surface area (TPSA) is 89.5 Å². The maximum Gasteiger partial charge on any atom is 0.341 e. The lowest BCUT2D eigenvalue weighted by molar-refractivity contribution is -0.113. The first-order valence-corrected chi connectivity index (χ1v) is 10.9. The van der Waals surface area contributed by atoms with Gasteiger partial charge in [0.2, 0.25) is 5.91 Å². The summed E-state index contributed by atoms with van der Waals surface area (Å²) in [4.78, 5) is 25.6. The third-order valence-corrected chi connectivity index (χ3v) is 6.07. The smallest absolute Gasteiger partial charge is 0.341 e. The summed E-state index contributed by atoms with van der Waals surface area (Å²) in [7, 11) is -3.59. The minimum Gasteiger partial charge on any atom is -0.462 e. The number of thiophene rings is 1. The van der Waals surface area contributed by atoms with Crippen molar-refractivity contribution < 1.29 is 22.7 Å². The van der Waals surface area contributed by atoms with Gasteiger partial charge >= 0.3 is 5.97 Å². The minimum absolute atomic E-state index is 0.184. The molecule has 0 aliphatic carbocycles. The summed E-state index contributed by atoms with van der Waals surface area (Å²) in [5.41, 5.74) is 1.72. The Morgan fingerprint density at radius 1 is 1.26 bits per heavy atom. The summed E-state index contributed by atoms with van der Waals surface area (Å²) in [5.74, 6) is -2.24. The molecular weight excluding hydrogens is 386 g/mol. The average Bonchev–Trinajstić information content (AvgIpc) is 2.90. The second kappa shape index (κ2) is 8.96. The van der Waals surface area contributed by atoms with Gasteiger partial charge in [0.1, 0.15) is 16.3 Å². The normalized spacial score (nSPS) is 11.0. The van der Waals surface area contributed by atoms with Gasteiger partial charge in [-0.15, -0.1) is 17.9 Å². The predicted octanol–water partition coefficient (Wildman–Crippen LogP) is 3.44. The molecule has 0 saturated carbocycles. The summed E-state index contributed by atoms with van der Waals surface area (Å²) in [6.45, 7) is 7.08. The maximum atomic E-state index is 12.5. The number of hydrogen-bond donors (Lipinski definition) is 1. The molecule has 6 nitrogen and oxygen atoms in total. The molecule has 2 rings (SSSR count). The molecule has 1 aromatic carbocycles. The van der Waals surface area contributed by atoms with Crippen molar-refractivity contribution in [2.45, 2.75) is 13.8 Å². The number of rotatable bonds is 8. The van der Waals surface area contributed by atoms with Gasteiger partial charge in [-0.3, -0.25) is 4.79 Å². The van der Waals surface area contributed by atoms with Crippen LogP contribution in [0.5, 0.6) is 0 Å². The molecule has 27 heavy (non-hydrogen) atoms. The van der Waals surface area contributed by atoms with Gasteiger partial charge in [0, 0.05) is 10.4 Å². The first-order chi connectivity index (χ1) is 12.8. The molecule has 0 saturated heterocycles. The third-order valence-electron chi connectivity index (χ3n) is 3.60. The fourth-order valence-corrected chi connectivity index (χ4v) is 4.61. The van der Waals surface area contributed by atoms with Gasteiger partial charge in [-0.2, -0.15) is 0 Å². The van der Waals surface area contributed by atoms with Crippen LogP contribution in [0, 0.1) is 6.92 Å². The van der Waals surface area contributed by atoms with Gasteiger partial charge in [0.25, 0.3) is 0 Å². The van der Waals surface area contributed by atoms with Crippen LogP contribution in [-0.4, -0.2) is 38.4 Å². The van der Waals surface area contributed by atoms with Crippen LogP contribution in [0.1, 0.15) is 22.2 Å². The molecule has 0 bridgehead atoms. The fraction of sp³-hybridized carbons (Fsp3) is 0.263. The zero-order valence-electron chi connectivity index (χ0n) is 15.2. The number of esters is 1. The molecule has 8 heteroatoms. The number of nitrogens with one attached hydrogen (secondary N) is 1. The van der Waals surface area contributed by atoms with Crippen molar-refractivity contribution in [3.8, 4) is 11.1 Å². The van der Waals surface area contributed by atoms with Crippen LogP contribution in [0.4, 0.5) is 5.00 Å². The Bertz CT molecular complexity index is 946. The number of hydrogen-bond acceptors (Lipinski definition) is 6. The fourth-order valence-electron chi connectivity index (χ4n) is 2.58. The van der Waals surface area contributed by atoms with Gasteiger partial charge in [-0.1, -0.05) is 36.4 Å². The summed E-state index contributed by atoms with van der Waals surface area (Å²) < 4.78 is 28.8. The van der Waals surface area contributed by atoms with E-state index < -0.39 is 27.5 Å². The number of carbonyl (C=O) groups is 2. The highest BCUT2D eigenvalue weighted by atomic mass is 32.2. The molecule has 0 atom stereocenters. The summed E-state index contributed by atoms with van der Waals surface area (Å²) >= 11 is 1.21. The Hall–Kier alpha value is -2.45. The Balaban J connectivity index is 2.43. The standard InChI is InChI=1S/C19H21NO5S2/c1-4-11-27(23,24)12-15(21)20-18-17(19(22)25-5-2)16(13(3)26-18)14-9-7-6-8-10-14/h4,6-10H,1,5,11-12H2,2-3H3,(H,20,21). The van der Waals surface area contributed by atoms with Gasteiger partial charge in [-0.05, 0) is 19.4 Å². The van der Waals surface area contributed by atoms with Crippen molar-refractivity contribution in [1.82, 2.24) is 0 Å².